The molecule has 0 aliphatic heterocycles. The number of benzene rings is 3. The lowest BCUT2D eigenvalue weighted by molar-refractivity contribution is 0.466. The van der Waals surface area contributed by atoms with E-state index in [1.807, 2.05) is 31.2 Å². The SMILES string of the molecule is Cc1ccc2c(NS(=O)(=O)c3ccccc3Cl)cccc2c1Oc1ncccc1-c1ccnc(Nc2cn[nH]c2)n1. The Morgan fingerprint density at radius 2 is 1.78 bits per heavy atom. The molecule has 0 aliphatic carbocycles. The summed E-state index contributed by atoms with van der Waals surface area (Å²) in [5.41, 5.74) is 3.19. The molecule has 10 nitrogen and oxygen atoms in total. The van der Waals surface area contributed by atoms with E-state index < -0.39 is 10.0 Å². The van der Waals surface area contributed by atoms with Crippen molar-refractivity contribution in [3.05, 3.63) is 108 Å². The zero-order valence-electron chi connectivity index (χ0n) is 21.5. The number of hydrogen-bond acceptors (Lipinski definition) is 8. The van der Waals surface area contributed by atoms with Crippen LogP contribution in [-0.4, -0.2) is 33.6 Å². The Balaban J connectivity index is 1.37. The fourth-order valence-corrected chi connectivity index (χ4v) is 5.91. The van der Waals surface area contributed by atoms with Crippen LogP contribution < -0.4 is 14.8 Å². The molecule has 0 bridgehead atoms. The summed E-state index contributed by atoms with van der Waals surface area (Å²) in [6.07, 6.45) is 6.60. The first kappa shape index (κ1) is 26.2. The molecule has 3 heterocycles. The van der Waals surface area contributed by atoms with Crippen molar-refractivity contribution >= 4 is 49.7 Å². The smallest absolute Gasteiger partial charge is 0.263 e. The summed E-state index contributed by atoms with van der Waals surface area (Å²) >= 11 is 6.18. The highest BCUT2D eigenvalue weighted by atomic mass is 35.5. The quantitative estimate of drug-likeness (QED) is 0.180. The fraction of sp³-hybridized carbons (Fsp3) is 0.0345. The molecule has 0 fully saturated rings. The van der Waals surface area contributed by atoms with Gasteiger partial charge in [-0.3, -0.25) is 9.82 Å². The molecule has 0 amide bonds. The molecule has 3 aromatic carbocycles. The molecule has 6 aromatic rings. The van der Waals surface area contributed by atoms with E-state index in [1.54, 1.807) is 61.2 Å². The highest BCUT2D eigenvalue weighted by Gasteiger charge is 2.20. The number of aromatic nitrogens is 5. The van der Waals surface area contributed by atoms with E-state index in [1.165, 1.54) is 12.1 Å². The van der Waals surface area contributed by atoms with Gasteiger partial charge in [-0.25, -0.2) is 23.4 Å². The molecule has 0 atom stereocenters. The van der Waals surface area contributed by atoms with Crippen LogP contribution in [0.4, 0.5) is 17.3 Å². The van der Waals surface area contributed by atoms with Crippen LogP contribution in [0.1, 0.15) is 5.56 Å². The standard InChI is InChI=1S/C29H22ClN7O3S/c1-18-11-12-20-21(6-4-9-25(20)37-41(38,39)26-10-3-2-8-23(26)30)27(18)40-28-22(7-5-14-31-28)24-13-15-32-29(36-24)35-19-16-33-34-17-19/h2-17,37H,1H3,(H,33,34)(H,32,35,36). The Labute approximate surface area is 240 Å². The van der Waals surface area contributed by atoms with Crippen molar-refractivity contribution in [3.8, 4) is 22.9 Å². The Hall–Kier alpha value is -5.00. The molecule has 0 spiro atoms. The molecular weight excluding hydrogens is 562 g/mol. The molecular formula is C29H22ClN7O3S. The largest absolute Gasteiger partial charge is 0.437 e. The number of rotatable bonds is 8. The van der Waals surface area contributed by atoms with E-state index >= 15 is 0 Å². The molecule has 12 heteroatoms. The van der Waals surface area contributed by atoms with Crippen molar-refractivity contribution in [2.45, 2.75) is 11.8 Å². The lowest BCUT2D eigenvalue weighted by atomic mass is 10.0. The van der Waals surface area contributed by atoms with Gasteiger partial charge >= 0.3 is 0 Å². The number of aryl methyl sites for hydroxylation is 1. The molecule has 0 saturated heterocycles. The zero-order valence-corrected chi connectivity index (χ0v) is 23.1. The molecule has 0 saturated carbocycles. The Morgan fingerprint density at radius 3 is 2.61 bits per heavy atom. The third-order valence-electron chi connectivity index (χ3n) is 6.24. The highest BCUT2D eigenvalue weighted by Crippen LogP contribution is 2.39. The lowest BCUT2D eigenvalue weighted by Gasteiger charge is -2.16. The number of aromatic amines is 1. The molecule has 0 radical (unpaired) electrons. The molecule has 204 valence electrons. The summed E-state index contributed by atoms with van der Waals surface area (Å²) in [7, 11) is -3.94. The number of H-pyrrole nitrogens is 1. The summed E-state index contributed by atoms with van der Waals surface area (Å²) in [6.45, 7) is 1.91. The maximum atomic E-state index is 13.2. The van der Waals surface area contributed by atoms with Gasteiger partial charge in [0.2, 0.25) is 11.8 Å². The van der Waals surface area contributed by atoms with Gasteiger partial charge in [-0.05, 0) is 48.9 Å². The van der Waals surface area contributed by atoms with Crippen molar-refractivity contribution in [3.63, 3.8) is 0 Å². The minimum absolute atomic E-state index is 0.00754. The summed E-state index contributed by atoms with van der Waals surface area (Å²) in [6, 6.07) is 20.7. The highest BCUT2D eigenvalue weighted by molar-refractivity contribution is 7.92. The predicted molar refractivity (Wildman–Crippen MR) is 158 cm³/mol. The molecule has 3 N–H and O–H groups in total. The number of anilines is 3. The number of nitrogens with one attached hydrogen (secondary N) is 3. The van der Waals surface area contributed by atoms with Gasteiger partial charge in [0.15, 0.2) is 0 Å². The van der Waals surface area contributed by atoms with Crippen LogP contribution in [0.5, 0.6) is 11.6 Å². The minimum atomic E-state index is -3.94. The van der Waals surface area contributed by atoms with Crippen LogP contribution in [0, 0.1) is 6.92 Å². The lowest BCUT2D eigenvalue weighted by Crippen LogP contribution is -2.13. The first-order valence-corrected chi connectivity index (χ1v) is 14.3. The van der Waals surface area contributed by atoms with E-state index in [4.69, 9.17) is 16.3 Å². The monoisotopic (exact) mass is 583 g/mol. The Kier molecular flexibility index (Phi) is 6.96. The van der Waals surface area contributed by atoms with Crippen molar-refractivity contribution in [2.75, 3.05) is 10.0 Å². The van der Waals surface area contributed by atoms with Gasteiger partial charge in [0, 0.05) is 29.4 Å². The average molecular weight is 584 g/mol. The van der Waals surface area contributed by atoms with Crippen LogP contribution >= 0.6 is 11.6 Å². The van der Waals surface area contributed by atoms with Gasteiger partial charge in [0.25, 0.3) is 10.0 Å². The second kappa shape index (κ2) is 10.9. The molecule has 0 unspecified atom stereocenters. The van der Waals surface area contributed by atoms with Crippen LogP contribution in [0.15, 0.2) is 102 Å². The van der Waals surface area contributed by atoms with E-state index in [2.05, 4.69) is 35.2 Å². The van der Waals surface area contributed by atoms with Gasteiger partial charge in [-0.1, -0.05) is 48.0 Å². The first-order chi connectivity index (χ1) is 19.9. The van der Waals surface area contributed by atoms with E-state index in [0.717, 1.165) is 11.3 Å². The van der Waals surface area contributed by atoms with E-state index in [0.29, 0.717) is 45.3 Å². The Bertz CT molecular complexity index is 1980. The average Bonchev–Trinajstić information content (AvgIpc) is 3.48. The van der Waals surface area contributed by atoms with Crippen molar-refractivity contribution in [2.24, 2.45) is 0 Å². The second-order valence-corrected chi connectivity index (χ2v) is 11.0. The summed E-state index contributed by atoms with van der Waals surface area (Å²) < 4.78 is 35.5. The van der Waals surface area contributed by atoms with Gasteiger partial charge in [0.05, 0.1) is 33.9 Å². The van der Waals surface area contributed by atoms with Gasteiger partial charge < -0.3 is 10.1 Å². The summed E-state index contributed by atoms with van der Waals surface area (Å²) in [5, 5.41) is 11.2. The van der Waals surface area contributed by atoms with Gasteiger partial charge in [0.1, 0.15) is 10.6 Å². The van der Waals surface area contributed by atoms with Crippen molar-refractivity contribution < 1.29 is 13.2 Å². The van der Waals surface area contributed by atoms with Gasteiger partial charge in [-0.2, -0.15) is 5.10 Å². The third kappa shape index (κ3) is 5.40. The maximum absolute atomic E-state index is 13.2. The maximum Gasteiger partial charge on any atom is 0.263 e. The zero-order chi connectivity index (χ0) is 28.4. The number of sulfonamides is 1. The topological polar surface area (TPSA) is 135 Å². The number of hydrogen-bond donors (Lipinski definition) is 3. The predicted octanol–water partition coefficient (Wildman–Crippen LogP) is 6.71. The number of ether oxygens (including phenoxy) is 1. The molecule has 41 heavy (non-hydrogen) atoms. The number of halogens is 1. The third-order valence-corrected chi connectivity index (χ3v) is 8.10. The normalized spacial score (nSPS) is 11.4. The molecule has 6 rings (SSSR count). The summed E-state index contributed by atoms with van der Waals surface area (Å²) in [4.78, 5) is 13.4. The number of fused-ring (bicyclic) bond motifs is 1. The van der Waals surface area contributed by atoms with E-state index in [9.17, 15) is 8.42 Å². The van der Waals surface area contributed by atoms with Crippen LogP contribution in [-0.2, 0) is 10.0 Å². The Morgan fingerprint density at radius 1 is 0.902 bits per heavy atom. The van der Waals surface area contributed by atoms with Crippen molar-refractivity contribution in [1.29, 1.82) is 0 Å². The van der Waals surface area contributed by atoms with Crippen LogP contribution in [0.3, 0.4) is 0 Å². The van der Waals surface area contributed by atoms with Crippen molar-refractivity contribution in [1.82, 2.24) is 25.1 Å². The first-order valence-electron chi connectivity index (χ1n) is 12.4. The number of pyridine rings is 1. The number of nitrogens with zero attached hydrogens (tertiary/aromatic N) is 4. The summed E-state index contributed by atoms with van der Waals surface area (Å²) in [5.74, 6) is 1.25. The van der Waals surface area contributed by atoms with Gasteiger partial charge in [-0.15, -0.1) is 0 Å². The fourth-order valence-electron chi connectivity index (χ4n) is 4.31. The van der Waals surface area contributed by atoms with Crippen LogP contribution in [0.2, 0.25) is 5.02 Å². The second-order valence-electron chi connectivity index (χ2n) is 8.98. The minimum Gasteiger partial charge on any atom is -0.437 e. The van der Waals surface area contributed by atoms with Crippen LogP contribution in [0.25, 0.3) is 22.0 Å². The molecule has 0 aliphatic rings. The van der Waals surface area contributed by atoms with E-state index in [-0.39, 0.29) is 9.92 Å². The molecule has 3 aromatic heterocycles.